The molecule has 4 heteroatoms. The van der Waals surface area contributed by atoms with Crippen LogP contribution in [0, 0.1) is 0 Å². The summed E-state index contributed by atoms with van der Waals surface area (Å²) in [4.78, 5) is 4.10. The predicted molar refractivity (Wildman–Crippen MR) is 76.4 cm³/mol. The van der Waals surface area contributed by atoms with Gasteiger partial charge in [0.05, 0.1) is 12.1 Å². The summed E-state index contributed by atoms with van der Waals surface area (Å²) in [6.07, 6.45) is 3.49. The minimum atomic E-state index is -0.557. The molecule has 0 aliphatic rings. The number of hydrogen-bond donors (Lipinski definition) is 2. The fourth-order valence-corrected chi connectivity index (χ4v) is 2.14. The number of benzene rings is 1. The smallest absolute Gasteiger partial charge is 0.0843 e. The first-order valence-corrected chi connectivity index (χ1v) is 6.49. The highest BCUT2D eigenvalue weighted by Gasteiger charge is 2.26. The van der Waals surface area contributed by atoms with Gasteiger partial charge in [-0.1, -0.05) is 18.2 Å². The van der Waals surface area contributed by atoms with Crippen LogP contribution in [0.3, 0.4) is 0 Å². The van der Waals surface area contributed by atoms with Crippen molar-refractivity contribution in [1.82, 2.24) is 4.98 Å². The molecule has 0 bridgehead atoms. The van der Waals surface area contributed by atoms with Crippen molar-refractivity contribution in [3.63, 3.8) is 0 Å². The third kappa shape index (κ3) is 2.71. The van der Waals surface area contributed by atoms with E-state index in [1.54, 1.807) is 12.4 Å². The average molecular weight is 307 g/mol. The van der Waals surface area contributed by atoms with E-state index in [0.29, 0.717) is 0 Å². The Labute approximate surface area is 115 Å². The Bertz CT molecular complexity index is 518. The molecule has 1 atom stereocenters. The first kappa shape index (κ1) is 13.1. The molecule has 0 spiro atoms. The Hall–Kier alpha value is -1.39. The maximum atomic E-state index is 9.69. The van der Waals surface area contributed by atoms with E-state index in [1.165, 1.54) is 0 Å². The summed E-state index contributed by atoms with van der Waals surface area (Å²) in [5.41, 5.74) is 1.33. The molecular weight excluding hydrogens is 292 g/mol. The summed E-state index contributed by atoms with van der Waals surface area (Å²) < 4.78 is 0.966. The molecular formula is C14H15BrN2O. The quantitative estimate of drug-likeness (QED) is 0.912. The van der Waals surface area contributed by atoms with E-state index in [4.69, 9.17) is 0 Å². The Kier molecular flexibility index (Phi) is 3.99. The number of nitrogens with zero attached hydrogens (tertiary/aromatic N) is 1. The van der Waals surface area contributed by atoms with Gasteiger partial charge in [0.2, 0.25) is 0 Å². The second-order valence-electron chi connectivity index (χ2n) is 4.34. The van der Waals surface area contributed by atoms with Crippen LogP contribution < -0.4 is 5.32 Å². The van der Waals surface area contributed by atoms with Gasteiger partial charge in [-0.2, -0.15) is 0 Å². The standard InChI is InChI=1S/C14H15BrN2O/c1-14(10-18,11-5-4-8-16-9-11)17-13-7-3-2-6-12(13)15/h2-9,17-18H,10H2,1H3. The van der Waals surface area contributed by atoms with Gasteiger partial charge in [0, 0.05) is 22.6 Å². The molecule has 0 saturated carbocycles. The number of hydrogen-bond acceptors (Lipinski definition) is 3. The van der Waals surface area contributed by atoms with Crippen LogP contribution in [0.4, 0.5) is 5.69 Å². The fourth-order valence-electron chi connectivity index (χ4n) is 1.75. The number of rotatable bonds is 4. The lowest BCUT2D eigenvalue weighted by Crippen LogP contribution is -2.36. The molecule has 2 rings (SSSR count). The highest BCUT2D eigenvalue weighted by molar-refractivity contribution is 9.10. The topological polar surface area (TPSA) is 45.1 Å². The summed E-state index contributed by atoms with van der Waals surface area (Å²) in [6, 6.07) is 11.7. The van der Waals surface area contributed by atoms with Crippen LogP contribution in [-0.4, -0.2) is 16.7 Å². The summed E-state index contributed by atoms with van der Waals surface area (Å²) in [7, 11) is 0. The molecule has 0 amide bonds. The maximum absolute atomic E-state index is 9.69. The lowest BCUT2D eigenvalue weighted by atomic mass is 9.94. The van der Waals surface area contributed by atoms with Gasteiger partial charge in [0.1, 0.15) is 0 Å². The zero-order valence-corrected chi connectivity index (χ0v) is 11.7. The van der Waals surface area contributed by atoms with Crippen molar-refractivity contribution in [2.75, 3.05) is 11.9 Å². The van der Waals surface area contributed by atoms with Crippen LogP contribution in [0.25, 0.3) is 0 Å². The van der Waals surface area contributed by atoms with Crippen molar-refractivity contribution in [2.45, 2.75) is 12.5 Å². The number of aromatic nitrogens is 1. The molecule has 1 aromatic carbocycles. The normalized spacial score (nSPS) is 13.9. The lowest BCUT2D eigenvalue weighted by Gasteiger charge is -2.30. The van der Waals surface area contributed by atoms with Crippen LogP contribution in [0.2, 0.25) is 0 Å². The number of pyridine rings is 1. The van der Waals surface area contributed by atoms with Gasteiger partial charge >= 0.3 is 0 Å². The molecule has 1 unspecified atom stereocenters. The van der Waals surface area contributed by atoms with Gasteiger partial charge < -0.3 is 10.4 Å². The number of aliphatic hydroxyl groups excluding tert-OH is 1. The van der Waals surface area contributed by atoms with Gasteiger partial charge in [0.15, 0.2) is 0 Å². The maximum Gasteiger partial charge on any atom is 0.0843 e. The second kappa shape index (κ2) is 5.50. The van der Waals surface area contributed by atoms with Crippen molar-refractivity contribution in [1.29, 1.82) is 0 Å². The number of aliphatic hydroxyl groups is 1. The Morgan fingerprint density at radius 1 is 1.28 bits per heavy atom. The molecule has 18 heavy (non-hydrogen) atoms. The predicted octanol–water partition coefficient (Wildman–Crippen LogP) is 3.16. The van der Waals surface area contributed by atoms with Gasteiger partial charge in [-0.15, -0.1) is 0 Å². The third-order valence-corrected chi connectivity index (χ3v) is 3.59. The van der Waals surface area contributed by atoms with Crippen molar-refractivity contribution < 1.29 is 5.11 Å². The van der Waals surface area contributed by atoms with Crippen molar-refractivity contribution >= 4 is 21.6 Å². The summed E-state index contributed by atoms with van der Waals surface area (Å²) in [6.45, 7) is 1.93. The van der Waals surface area contributed by atoms with E-state index in [9.17, 15) is 5.11 Å². The van der Waals surface area contributed by atoms with Gasteiger partial charge in [-0.3, -0.25) is 4.98 Å². The van der Waals surface area contributed by atoms with Crippen LogP contribution in [0.1, 0.15) is 12.5 Å². The first-order valence-electron chi connectivity index (χ1n) is 5.70. The minimum Gasteiger partial charge on any atom is -0.394 e. The van der Waals surface area contributed by atoms with Gasteiger partial charge in [0.25, 0.3) is 0 Å². The molecule has 0 aliphatic heterocycles. The Morgan fingerprint density at radius 2 is 2.06 bits per heavy atom. The highest BCUT2D eigenvalue weighted by Crippen LogP contribution is 2.29. The Balaban J connectivity index is 2.32. The van der Waals surface area contributed by atoms with Crippen molar-refractivity contribution in [2.24, 2.45) is 0 Å². The molecule has 1 aromatic heterocycles. The molecule has 0 saturated heterocycles. The third-order valence-electron chi connectivity index (χ3n) is 2.90. The monoisotopic (exact) mass is 306 g/mol. The van der Waals surface area contributed by atoms with Crippen molar-refractivity contribution in [3.8, 4) is 0 Å². The SMILES string of the molecule is CC(CO)(Nc1ccccc1Br)c1cccnc1. The molecule has 1 heterocycles. The largest absolute Gasteiger partial charge is 0.394 e. The van der Waals surface area contributed by atoms with Crippen LogP contribution >= 0.6 is 15.9 Å². The van der Waals surface area contributed by atoms with Crippen molar-refractivity contribution in [3.05, 3.63) is 58.8 Å². The zero-order chi connectivity index (χ0) is 13.0. The van der Waals surface area contributed by atoms with E-state index >= 15 is 0 Å². The van der Waals surface area contributed by atoms with Gasteiger partial charge in [-0.05, 0) is 46.6 Å². The summed E-state index contributed by atoms with van der Waals surface area (Å²) in [5.74, 6) is 0. The molecule has 94 valence electrons. The second-order valence-corrected chi connectivity index (χ2v) is 5.19. The number of para-hydroxylation sites is 1. The van der Waals surface area contributed by atoms with Crippen LogP contribution in [0.15, 0.2) is 53.3 Å². The molecule has 2 N–H and O–H groups in total. The fraction of sp³-hybridized carbons (Fsp3) is 0.214. The highest BCUT2D eigenvalue weighted by atomic mass is 79.9. The lowest BCUT2D eigenvalue weighted by molar-refractivity contribution is 0.223. The molecule has 2 aromatic rings. The Morgan fingerprint density at radius 3 is 2.67 bits per heavy atom. The van der Waals surface area contributed by atoms with Crippen LogP contribution in [-0.2, 0) is 5.54 Å². The van der Waals surface area contributed by atoms with E-state index in [2.05, 4.69) is 26.2 Å². The average Bonchev–Trinajstić information content (AvgIpc) is 2.42. The molecule has 3 nitrogen and oxygen atoms in total. The van der Waals surface area contributed by atoms with E-state index in [1.807, 2.05) is 43.3 Å². The van der Waals surface area contributed by atoms with E-state index < -0.39 is 5.54 Å². The van der Waals surface area contributed by atoms with E-state index in [-0.39, 0.29) is 6.61 Å². The summed E-state index contributed by atoms with van der Waals surface area (Å²) in [5, 5.41) is 13.0. The zero-order valence-electron chi connectivity index (χ0n) is 10.1. The van der Waals surface area contributed by atoms with Gasteiger partial charge in [-0.25, -0.2) is 0 Å². The number of halogens is 1. The molecule has 0 fully saturated rings. The molecule has 0 radical (unpaired) electrons. The molecule has 0 aliphatic carbocycles. The minimum absolute atomic E-state index is 0.0139. The van der Waals surface area contributed by atoms with E-state index in [0.717, 1.165) is 15.7 Å². The van der Waals surface area contributed by atoms with Crippen LogP contribution in [0.5, 0.6) is 0 Å². The number of anilines is 1. The summed E-state index contributed by atoms with van der Waals surface area (Å²) >= 11 is 3.49. The first-order chi connectivity index (χ1) is 8.65. The number of nitrogens with one attached hydrogen (secondary N) is 1.